The third-order valence-corrected chi connectivity index (χ3v) is 1.98. The Morgan fingerprint density at radius 2 is 2.11 bits per heavy atom. The highest BCUT2D eigenvalue weighted by molar-refractivity contribution is 7.67. The molecule has 0 aliphatic rings. The van der Waals surface area contributed by atoms with Gasteiger partial charge in [0.15, 0.2) is 6.29 Å². The lowest BCUT2D eigenvalue weighted by molar-refractivity contribution is -0.136. The van der Waals surface area contributed by atoms with E-state index in [1.807, 2.05) is 0 Å². The van der Waals surface area contributed by atoms with Gasteiger partial charge in [0, 0.05) is 0 Å². The second kappa shape index (κ2) is 4.72. The molecular weight excluding hydrogens is 158 g/mol. The lowest BCUT2D eigenvalue weighted by atomic mass is 10.5. The van der Waals surface area contributed by atoms with Gasteiger partial charge in [-0.1, -0.05) is 0 Å². The van der Waals surface area contributed by atoms with Crippen molar-refractivity contribution in [3.63, 3.8) is 0 Å². The number of hydrogen-bond donors (Lipinski definition) is 0. The van der Waals surface area contributed by atoms with Crippen molar-refractivity contribution in [1.29, 1.82) is 0 Å². The van der Waals surface area contributed by atoms with E-state index in [9.17, 15) is 14.4 Å². The van der Waals surface area contributed by atoms with Crippen molar-refractivity contribution in [2.45, 2.75) is 0 Å². The predicted molar refractivity (Wildman–Crippen MR) is 39.0 cm³/mol. The molecule has 9 heavy (non-hydrogen) atoms. The number of Topliss-reactive ketones (excluding diaryl/α,β-unsaturated/α-hetero) is 1. The van der Waals surface area contributed by atoms with Gasteiger partial charge in [0.25, 0.3) is 5.78 Å². The summed E-state index contributed by atoms with van der Waals surface area (Å²) in [6, 6.07) is 0. The van der Waals surface area contributed by atoms with Crippen molar-refractivity contribution in [2.75, 3.05) is 5.90 Å². The predicted octanol–water partition coefficient (Wildman–Crippen LogP) is -0.208. The summed E-state index contributed by atoms with van der Waals surface area (Å²) in [5.41, 5.74) is -0.583. The third kappa shape index (κ3) is 3.45. The van der Waals surface area contributed by atoms with Crippen LogP contribution < -0.4 is 0 Å². The number of rotatable bonds is 4. The summed E-state index contributed by atoms with van der Waals surface area (Å²) >= 11 is 0. The van der Waals surface area contributed by atoms with Crippen LogP contribution in [-0.2, 0) is 14.4 Å². The zero-order valence-corrected chi connectivity index (χ0v) is 6.74. The molecule has 0 N–H and O–H groups in total. The second-order valence-electron chi connectivity index (χ2n) is 1.19. The highest BCUT2D eigenvalue weighted by Crippen LogP contribution is 2.13. The van der Waals surface area contributed by atoms with Gasteiger partial charge in [-0.05, 0) is 14.5 Å². The van der Waals surface area contributed by atoms with Gasteiger partial charge in [-0.2, -0.15) is 0 Å². The van der Waals surface area contributed by atoms with Crippen LogP contribution in [0.4, 0.5) is 0 Å². The van der Waals surface area contributed by atoms with E-state index in [1.165, 1.54) is 0 Å². The SMILES string of the molecule is O=CC(=O)C(=O)PCP. The molecule has 2 atom stereocenters. The fourth-order valence-corrected chi connectivity index (χ4v) is 1.21. The summed E-state index contributed by atoms with van der Waals surface area (Å²) in [5, 5.41) is 0. The van der Waals surface area contributed by atoms with Crippen molar-refractivity contribution in [3.05, 3.63) is 0 Å². The summed E-state index contributed by atoms with van der Waals surface area (Å²) < 4.78 is 0. The highest BCUT2D eigenvalue weighted by Gasteiger charge is 2.09. The average Bonchev–Trinajstić information content (AvgIpc) is 1.87. The Hall–Kier alpha value is -0.130. The van der Waals surface area contributed by atoms with Crippen molar-refractivity contribution in [2.24, 2.45) is 0 Å². The summed E-state index contributed by atoms with van der Waals surface area (Å²) in [6.45, 7) is 0. The largest absolute Gasteiger partial charge is 0.294 e. The maximum Gasteiger partial charge on any atom is 0.265 e. The Bertz CT molecular complexity index is 143. The number of carbonyl (C=O) groups excluding carboxylic acids is 3. The van der Waals surface area contributed by atoms with Crippen LogP contribution in [0.3, 0.4) is 0 Å². The van der Waals surface area contributed by atoms with Crippen molar-refractivity contribution in [1.82, 2.24) is 0 Å². The van der Waals surface area contributed by atoms with Crippen LogP contribution in [0, 0.1) is 0 Å². The molecular formula is C4H6O3P2. The Morgan fingerprint density at radius 3 is 2.44 bits per heavy atom. The molecule has 2 unspecified atom stereocenters. The van der Waals surface area contributed by atoms with Crippen molar-refractivity contribution < 1.29 is 14.4 Å². The van der Waals surface area contributed by atoms with Gasteiger partial charge in [-0.25, -0.2) is 0 Å². The van der Waals surface area contributed by atoms with E-state index in [4.69, 9.17) is 0 Å². The smallest absolute Gasteiger partial charge is 0.265 e. The molecule has 3 nitrogen and oxygen atoms in total. The normalized spacial score (nSPS) is 9.89. The van der Waals surface area contributed by atoms with E-state index in [2.05, 4.69) is 9.24 Å². The average molecular weight is 164 g/mol. The number of ketones is 1. The van der Waals surface area contributed by atoms with E-state index < -0.39 is 11.3 Å². The van der Waals surface area contributed by atoms with E-state index in [1.54, 1.807) is 0 Å². The lowest BCUT2D eigenvalue weighted by Crippen LogP contribution is -2.08. The minimum absolute atomic E-state index is 0.0512. The zero-order valence-electron chi connectivity index (χ0n) is 4.59. The van der Waals surface area contributed by atoms with Gasteiger partial charge in [0.05, 0.1) is 0 Å². The van der Waals surface area contributed by atoms with Gasteiger partial charge in [-0.15, -0.1) is 9.24 Å². The first-order valence-electron chi connectivity index (χ1n) is 2.19. The first kappa shape index (κ1) is 8.87. The first-order valence-corrected chi connectivity index (χ1v) is 4.22. The van der Waals surface area contributed by atoms with Crippen molar-refractivity contribution >= 4 is 35.4 Å². The monoisotopic (exact) mass is 164 g/mol. The van der Waals surface area contributed by atoms with E-state index in [0.29, 0.717) is 5.90 Å². The molecule has 50 valence electrons. The summed E-state index contributed by atoms with van der Waals surface area (Å²) in [5.74, 6) is -0.367. The van der Waals surface area contributed by atoms with Gasteiger partial charge >= 0.3 is 0 Å². The Labute approximate surface area is 56.6 Å². The maximum atomic E-state index is 10.4. The standard InChI is InChI=1S/C4H6O3P2/c5-1-3(6)4(7)9-2-8/h1,9H,2,8H2. The first-order chi connectivity index (χ1) is 4.22. The molecule has 0 amide bonds. The molecule has 0 radical (unpaired) electrons. The Morgan fingerprint density at radius 1 is 1.56 bits per heavy atom. The highest BCUT2D eigenvalue weighted by atomic mass is 31.1. The minimum atomic E-state index is -0.921. The minimum Gasteiger partial charge on any atom is -0.294 e. The molecule has 0 aromatic carbocycles. The number of hydrogen-bond acceptors (Lipinski definition) is 3. The molecule has 0 heterocycles. The Balaban J connectivity index is 3.73. The molecule has 0 aromatic rings. The fourth-order valence-electron chi connectivity index (χ4n) is 0.233. The molecule has 0 fully saturated rings. The molecule has 0 spiro atoms. The van der Waals surface area contributed by atoms with Crippen molar-refractivity contribution in [3.8, 4) is 0 Å². The summed E-state index contributed by atoms with van der Waals surface area (Å²) in [6.07, 6.45) is 0.0512. The molecule has 0 aliphatic heterocycles. The maximum absolute atomic E-state index is 10.4. The number of aldehydes is 1. The van der Waals surface area contributed by atoms with Crippen LogP contribution in [0.25, 0.3) is 0 Å². The molecule has 0 aliphatic carbocycles. The van der Waals surface area contributed by atoms with Gasteiger partial charge in [-0.3, -0.25) is 14.4 Å². The van der Waals surface area contributed by atoms with Crippen LogP contribution in [-0.4, -0.2) is 23.5 Å². The number of carbonyl (C=O) groups is 3. The summed E-state index contributed by atoms with van der Waals surface area (Å²) in [7, 11) is 2.23. The van der Waals surface area contributed by atoms with E-state index in [0.717, 1.165) is 0 Å². The van der Waals surface area contributed by atoms with Gasteiger partial charge < -0.3 is 0 Å². The van der Waals surface area contributed by atoms with E-state index in [-0.39, 0.29) is 14.9 Å². The second-order valence-corrected chi connectivity index (χ2v) is 3.63. The lowest BCUT2D eigenvalue weighted by Gasteiger charge is -1.86. The molecule has 0 rings (SSSR count). The molecule has 0 bridgehead atoms. The van der Waals surface area contributed by atoms with Gasteiger partial charge in [0.1, 0.15) is 0 Å². The van der Waals surface area contributed by atoms with Crippen LogP contribution in [0.15, 0.2) is 0 Å². The third-order valence-electron chi connectivity index (χ3n) is 0.593. The molecule has 0 saturated heterocycles. The van der Waals surface area contributed by atoms with Crippen LogP contribution in [0.5, 0.6) is 0 Å². The fraction of sp³-hybridized carbons (Fsp3) is 0.250. The van der Waals surface area contributed by atoms with Crippen LogP contribution in [0.1, 0.15) is 0 Å². The Kier molecular flexibility index (Phi) is 4.65. The van der Waals surface area contributed by atoms with Crippen LogP contribution in [0.2, 0.25) is 0 Å². The zero-order chi connectivity index (χ0) is 7.28. The van der Waals surface area contributed by atoms with Crippen LogP contribution >= 0.6 is 17.8 Å². The molecule has 0 saturated carbocycles. The van der Waals surface area contributed by atoms with Gasteiger partial charge in [0.2, 0.25) is 5.52 Å². The quantitative estimate of drug-likeness (QED) is 0.250. The summed E-state index contributed by atoms with van der Waals surface area (Å²) in [4.78, 5) is 30.2. The molecule has 5 heteroatoms. The topological polar surface area (TPSA) is 51.2 Å². The van der Waals surface area contributed by atoms with E-state index >= 15 is 0 Å². The molecule has 0 aromatic heterocycles.